The van der Waals surface area contributed by atoms with Gasteiger partial charge in [0, 0.05) is 5.56 Å². The molecule has 0 unspecified atom stereocenters. The molecule has 1 N–H and O–H groups in total. The summed E-state index contributed by atoms with van der Waals surface area (Å²) in [5.74, 6) is 0.820. The SMILES string of the molecule is Cc1occc1-c1[nH]ncc1N=Nc1ccccc1. The zero-order valence-corrected chi connectivity index (χ0v) is 10.4. The summed E-state index contributed by atoms with van der Waals surface area (Å²) in [7, 11) is 0. The van der Waals surface area contributed by atoms with Crippen LogP contribution in [0.2, 0.25) is 0 Å². The van der Waals surface area contributed by atoms with Gasteiger partial charge in [0.05, 0.1) is 23.8 Å². The molecule has 0 saturated heterocycles. The molecule has 94 valence electrons. The molecule has 2 aromatic heterocycles. The molecular weight excluding hydrogens is 240 g/mol. The maximum absolute atomic E-state index is 5.29. The average Bonchev–Trinajstić information content (AvgIpc) is 3.05. The van der Waals surface area contributed by atoms with Crippen LogP contribution in [0.1, 0.15) is 5.76 Å². The lowest BCUT2D eigenvalue weighted by Crippen LogP contribution is -1.77. The van der Waals surface area contributed by atoms with Crippen molar-refractivity contribution in [3.8, 4) is 11.3 Å². The minimum atomic E-state index is 0.688. The number of nitrogens with one attached hydrogen (secondary N) is 1. The van der Waals surface area contributed by atoms with Gasteiger partial charge in [-0.25, -0.2) is 0 Å². The van der Waals surface area contributed by atoms with Crippen molar-refractivity contribution < 1.29 is 4.42 Å². The van der Waals surface area contributed by atoms with Gasteiger partial charge in [-0.05, 0) is 25.1 Å². The second kappa shape index (κ2) is 4.89. The largest absolute Gasteiger partial charge is 0.469 e. The van der Waals surface area contributed by atoms with E-state index < -0.39 is 0 Å². The van der Waals surface area contributed by atoms with Crippen LogP contribution in [0.15, 0.2) is 63.5 Å². The molecule has 0 radical (unpaired) electrons. The highest BCUT2D eigenvalue weighted by molar-refractivity contribution is 5.72. The smallest absolute Gasteiger partial charge is 0.131 e. The van der Waals surface area contributed by atoms with Crippen LogP contribution in [0, 0.1) is 6.92 Å². The Morgan fingerprint density at radius 1 is 1.11 bits per heavy atom. The molecule has 5 nitrogen and oxygen atoms in total. The number of hydrogen-bond donors (Lipinski definition) is 1. The molecule has 3 aromatic rings. The fraction of sp³-hybridized carbons (Fsp3) is 0.0714. The van der Waals surface area contributed by atoms with Crippen LogP contribution < -0.4 is 0 Å². The van der Waals surface area contributed by atoms with Crippen LogP contribution in [0.4, 0.5) is 11.4 Å². The van der Waals surface area contributed by atoms with Crippen molar-refractivity contribution in [2.45, 2.75) is 6.92 Å². The van der Waals surface area contributed by atoms with E-state index in [1.54, 1.807) is 12.5 Å². The summed E-state index contributed by atoms with van der Waals surface area (Å²) in [5.41, 5.74) is 3.25. The molecule has 0 bridgehead atoms. The van der Waals surface area contributed by atoms with E-state index >= 15 is 0 Å². The van der Waals surface area contributed by atoms with Crippen LogP contribution in [0.3, 0.4) is 0 Å². The Morgan fingerprint density at radius 3 is 2.68 bits per heavy atom. The van der Waals surface area contributed by atoms with Crippen LogP contribution >= 0.6 is 0 Å². The van der Waals surface area contributed by atoms with Gasteiger partial charge in [0.2, 0.25) is 0 Å². The number of benzene rings is 1. The van der Waals surface area contributed by atoms with Gasteiger partial charge in [-0.15, -0.1) is 5.11 Å². The number of hydrogen-bond acceptors (Lipinski definition) is 4. The fourth-order valence-electron chi connectivity index (χ4n) is 1.80. The Bertz CT molecular complexity index is 697. The first-order chi connectivity index (χ1) is 9.34. The second-order valence-corrected chi connectivity index (χ2v) is 4.06. The highest BCUT2D eigenvalue weighted by Gasteiger charge is 2.11. The van der Waals surface area contributed by atoms with E-state index in [2.05, 4.69) is 20.4 Å². The second-order valence-electron chi connectivity index (χ2n) is 4.06. The lowest BCUT2D eigenvalue weighted by atomic mass is 10.2. The Hall–Kier alpha value is -2.69. The summed E-state index contributed by atoms with van der Waals surface area (Å²) in [4.78, 5) is 0. The Balaban J connectivity index is 1.94. The summed E-state index contributed by atoms with van der Waals surface area (Å²) in [6.07, 6.45) is 3.29. The Kier molecular flexibility index (Phi) is 2.94. The number of aromatic nitrogens is 2. The number of nitrogens with zero attached hydrogens (tertiary/aromatic N) is 3. The van der Waals surface area contributed by atoms with E-state index in [9.17, 15) is 0 Å². The summed E-state index contributed by atoms with van der Waals surface area (Å²) < 4.78 is 5.29. The molecular formula is C14H12N4O. The molecule has 0 atom stereocenters. The molecule has 0 aliphatic carbocycles. The lowest BCUT2D eigenvalue weighted by Gasteiger charge is -1.96. The quantitative estimate of drug-likeness (QED) is 0.702. The summed E-state index contributed by atoms with van der Waals surface area (Å²) in [6, 6.07) is 11.5. The number of azo groups is 1. The highest BCUT2D eigenvalue weighted by Crippen LogP contribution is 2.31. The maximum atomic E-state index is 5.29. The van der Waals surface area contributed by atoms with Gasteiger partial charge in [-0.1, -0.05) is 18.2 Å². The third-order valence-electron chi connectivity index (χ3n) is 2.78. The van der Waals surface area contributed by atoms with Crippen LogP contribution in [0.5, 0.6) is 0 Å². The zero-order valence-electron chi connectivity index (χ0n) is 10.4. The lowest BCUT2D eigenvalue weighted by molar-refractivity contribution is 0.535. The van der Waals surface area contributed by atoms with Gasteiger partial charge in [0.15, 0.2) is 0 Å². The predicted octanol–water partition coefficient (Wildman–Crippen LogP) is 4.39. The normalized spacial score (nSPS) is 11.2. The van der Waals surface area contributed by atoms with Crippen LogP contribution in [0.25, 0.3) is 11.3 Å². The molecule has 0 spiro atoms. The van der Waals surface area contributed by atoms with Gasteiger partial charge >= 0.3 is 0 Å². The monoisotopic (exact) mass is 252 g/mol. The van der Waals surface area contributed by atoms with Crippen LogP contribution in [-0.2, 0) is 0 Å². The van der Waals surface area contributed by atoms with E-state index in [0.717, 1.165) is 22.7 Å². The fourth-order valence-corrected chi connectivity index (χ4v) is 1.80. The van der Waals surface area contributed by atoms with E-state index in [-0.39, 0.29) is 0 Å². The first-order valence-electron chi connectivity index (χ1n) is 5.89. The number of rotatable bonds is 3. The Morgan fingerprint density at radius 2 is 1.95 bits per heavy atom. The molecule has 0 amide bonds. The van der Waals surface area contributed by atoms with Gasteiger partial charge in [0.1, 0.15) is 11.4 Å². The van der Waals surface area contributed by atoms with Gasteiger partial charge < -0.3 is 4.42 Å². The third kappa shape index (κ3) is 2.30. The molecule has 0 fully saturated rings. The highest BCUT2D eigenvalue weighted by atomic mass is 16.3. The van der Waals surface area contributed by atoms with Gasteiger partial charge in [-0.2, -0.15) is 10.2 Å². The standard InChI is InChI=1S/C14H12N4O/c1-10-12(7-8-19-10)14-13(9-15-18-14)17-16-11-5-3-2-4-6-11/h2-9H,1H3,(H,15,18). The van der Waals surface area contributed by atoms with Crippen molar-refractivity contribution in [3.63, 3.8) is 0 Å². The van der Waals surface area contributed by atoms with E-state index in [0.29, 0.717) is 5.69 Å². The molecule has 2 heterocycles. The minimum Gasteiger partial charge on any atom is -0.469 e. The van der Waals surface area contributed by atoms with Crippen molar-refractivity contribution in [3.05, 3.63) is 54.6 Å². The number of furan rings is 1. The molecule has 19 heavy (non-hydrogen) atoms. The van der Waals surface area contributed by atoms with Crippen molar-refractivity contribution in [1.29, 1.82) is 0 Å². The van der Waals surface area contributed by atoms with Crippen LogP contribution in [-0.4, -0.2) is 10.2 Å². The molecule has 0 aliphatic heterocycles. The predicted molar refractivity (Wildman–Crippen MR) is 71.6 cm³/mol. The van der Waals surface area contributed by atoms with E-state index in [4.69, 9.17) is 4.42 Å². The first kappa shape index (κ1) is 11.4. The average molecular weight is 252 g/mol. The Labute approximate surface area is 110 Å². The topological polar surface area (TPSA) is 66.5 Å². The number of H-pyrrole nitrogens is 1. The molecule has 3 rings (SSSR count). The summed E-state index contributed by atoms with van der Waals surface area (Å²) in [6.45, 7) is 1.90. The molecule has 0 aliphatic rings. The van der Waals surface area contributed by atoms with E-state index in [1.165, 1.54) is 0 Å². The summed E-state index contributed by atoms with van der Waals surface area (Å²) >= 11 is 0. The molecule has 5 heteroatoms. The van der Waals surface area contributed by atoms with Crippen molar-refractivity contribution in [1.82, 2.24) is 10.2 Å². The maximum Gasteiger partial charge on any atom is 0.131 e. The van der Waals surface area contributed by atoms with Crippen molar-refractivity contribution in [2.24, 2.45) is 10.2 Å². The van der Waals surface area contributed by atoms with Gasteiger partial charge in [0.25, 0.3) is 0 Å². The molecule has 0 saturated carbocycles. The van der Waals surface area contributed by atoms with Crippen molar-refractivity contribution >= 4 is 11.4 Å². The number of aromatic amines is 1. The summed E-state index contributed by atoms with van der Waals surface area (Å²) in [5, 5.41) is 15.3. The number of aryl methyl sites for hydroxylation is 1. The van der Waals surface area contributed by atoms with Gasteiger partial charge in [-0.3, -0.25) is 5.10 Å². The molecule has 1 aromatic carbocycles. The third-order valence-corrected chi connectivity index (χ3v) is 2.78. The minimum absolute atomic E-state index is 0.688. The van der Waals surface area contributed by atoms with E-state index in [1.807, 2.05) is 43.3 Å². The zero-order chi connectivity index (χ0) is 13.1. The van der Waals surface area contributed by atoms with Crippen molar-refractivity contribution in [2.75, 3.05) is 0 Å². The first-order valence-corrected chi connectivity index (χ1v) is 5.89.